The van der Waals surface area contributed by atoms with E-state index in [1.54, 1.807) is 6.08 Å². The molecule has 0 saturated carbocycles. The molecule has 170 valence electrons. The van der Waals surface area contributed by atoms with Gasteiger partial charge in [-0.05, 0) is 48.8 Å². The molecule has 0 aromatic heterocycles. The van der Waals surface area contributed by atoms with Gasteiger partial charge in [0.2, 0.25) is 5.91 Å². The van der Waals surface area contributed by atoms with Gasteiger partial charge in [-0.3, -0.25) is 14.5 Å². The van der Waals surface area contributed by atoms with E-state index in [9.17, 15) is 19.5 Å². The number of carboxylic acids is 1. The summed E-state index contributed by atoms with van der Waals surface area (Å²) >= 11 is 6.57. The van der Waals surface area contributed by atoms with Crippen LogP contribution < -0.4 is 10.4 Å². The summed E-state index contributed by atoms with van der Waals surface area (Å²) in [6, 6.07) is 13.4. The number of aromatic carboxylic acids is 1. The molecule has 33 heavy (non-hydrogen) atoms. The van der Waals surface area contributed by atoms with E-state index in [0.717, 1.165) is 23.3 Å². The van der Waals surface area contributed by atoms with Crippen LogP contribution in [0.15, 0.2) is 65.1 Å². The number of thiocarbonyl (C=S) groups is 1. The molecule has 2 aromatic rings. The lowest BCUT2D eigenvalue weighted by molar-refractivity contribution is -0.268. The summed E-state index contributed by atoms with van der Waals surface area (Å²) in [7, 11) is 0. The van der Waals surface area contributed by atoms with Crippen LogP contribution in [0.2, 0.25) is 0 Å². The van der Waals surface area contributed by atoms with Crippen molar-refractivity contribution in [3.63, 3.8) is 0 Å². The second-order valence-electron chi connectivity index (χ2n) is 7.30. The predicted octanol–water partition coefficient (Wildman–Crippen LogP) is 4.02. The molecule has 2 amide bonds. The van der Waals surface area contributed by atoms with Crippen molar-refractivity contribution in [3.8, 4) is 5.75 Å². The van der Waals surface area contributed by atoms with Crippen LogP contribution >= 0.6 is 24.0 Å². The highest BCUT2D eigenvalue weighted by Gasteiger charge is 2.31. The summed E-state index contributed by atoms with van der Waals surface area (Å²) in [6.07, 6.45) is 4.27. The van der Waals surface area contributed by atoms with E-state index in [-0.39, 0.29) is 29.5 Å². The van der Waals surface area contributed by atoms with Gasteiger partial charge in [0.1, 0.15) is 4.32 Å². The number of carbonyl (C=O) groups is 3. The Kier molecular flexibility index (Phi) is 8.02. The summed E-state index contributed by atoms with van der Waals surface area (Å²) in [6.45, 7) is 2.21. The Bertz CT molecular complexity index is 1160. The molecule has 0 radical (unpaired) electrons. The third-order valence-corrected chi connectivity index (χ3v) is 6.09. The number of amides is 2. The van der Waals surface area contributed by atoms with Crippen molar-refractivity contribution in [2.24, 2.45) is 0 Å². The fourth-order valence-corrected chi connectivity index (χ4v) is 4.51. The molecule has 0 unspecified atom stereocenters. The van der Waals surface area contributed by atoms with E-state index in [1.165, 1.54) is 22.7 Å². The zero-order chi connectivity index (χ0) is 24.0. The number of hydrogen-bond acceptors (Lipinski definition) is 6. The number of carbonyl (C=O) groups excluding carboxylic acids is 2. The Hall–Kier alpha value is -3.43. The van der Waals surface area contributed by atoms with Gasteiger partial charge in [-0.1, -0.05) is 66.1 Å². The highest BCUT2D eigenvalue weighted by Crippen LogP contribution is 2.32. The van der Waals surface area contributed by atoms with Crippen molar-refractivity contribution in [2.75, 3.05) is 11.9 Å². The lowest BCUT2D eigenvalue weighted by Gasteiger charge is -2.15. The minimum atomic E-state index is -1.32. The van der Waals surface area contributed by atoms with Gasteiger partial charge in [-0.25, -0.2) is 4.79 Å². The SMILES string of the molecule is CC(=C/c1ccccc1)/C=C1/SC(=S)N(CCCC(=O)Nc2ccc(C(=O)O)c([O-])c2)C1=O. The highest BCUT2D eigenvalue weighted by molar-refractivity contribution is 8.26. The van der Waals surface area contributed by atoms with Crippen LogP contribution in [0.25, 0.3) is 6.08 Å². The standard InChI is InChI=1S/C24H22N2O5S2/c1-15(12-16-6-3-2-4-7-16)13-20-22(29)26(24(32)33-20)11-5-8-21(28)25-17-9-10-18(23(30)31)19(27)14-17/h2-4,6-7,9-10,12-14,27H,5,8,11H2,1H3,(H,25,28)(H,30,31)/p-1/b15-12-,20-13+. The first kappa shape index (κ1) is 24.2. The summed E-state index contributed by atoms with van der Waals surface area (Å²) in [5, 5.41) is 23.2. The van der Waals surface area contributed by atoms with Crippen molar-refractivity contribution < 1.29 is 24.6 Å². The Morgan fingerprint density at radius 2 is 1.94 bits per heavy atom. The first-order valence-electron chi connectivity index (χ1n) is 10.1. The molecule has 1 saturated heterocycles. The monoisotopic (exact) mass is 481 g/mol. The molecule has 1 aliphatic heterocycles. The molecule has 7 nitrogen and oxygen atoms in total. The number of anilines is 1. The molecule has 0 bridgehead atoms. The van der Waals surface area contributed by atoms with Gasteiger partial charge >= 0.3 is 5.97 Å². The van der Waals surface area contributed by atoms with E-state index in [2.05, 4.69) is 5.32 Å². The van der Waals surface area contributed by atoms with E-state index in [0.29, 0.717) is 22.2 Å². The third kappa shape index (κ3) is 6.53. The van der Waals surface area contributed by atoms with Gasteiger partial charge in [-0.2, -0.15) is 0 Å². The predicted molar refractivity (Wildman–Crippen MR) is 131 cm³/mol. The molecule has 2 N–H and O–H groups in total. The first-order valence-corrected chi connectivity index (χ1v) is 11.3. The molecule has 0 atom stereocenters. The number of carboxylic acid groups (broad SMARTS) is 1. The summed E-state index contributed by atoms with van der Waals surface area (Å²) in [4.78, 5) is 37.8. The van der Waals surface area contributed by atoms with Crippen LogP contribution in [0.5, 0.6) is 5.75 Å². The Morgan fingerprint density at radius 3 is 2.61 bits per heavy atom. The second kappa shape index (κ2) is 10.9. The Labute approximate surface area is 200 Å². The van der Waals surface area contributed by atoms with Crippen molar-refractivity contribution in [1.82, 2.24) is 4.90 Å². The molecule has 0 spiro atoms. The zero-order valence-corrected chi connectivity index (χ0v) is 19.4. The van der Waals surface area contributed by atoms with Gasteiger partial charge < -0.3 is 15.5 Å². The van der Waals surface area contributed by atoms with Crippen LogP contribution in [0.4, 0.5) is 5.69 Å². The zero-order valence-electron chi connectivity index (χ0n) is 17.7. The molecule has 0 aliphatic carbocycles. The average molecular weight is 482 g/mol. The molecule has 1 heterocycles. The van der Waals surface area contributed by atoms with Gasteiger partial charge in [0.25, 0.3) is 5.91 Å². The highest BCUT2D eigenvalue weighted by atomic mass is 32.2. The number of rotatable bonds is 8. The average Bonchev–Trinajstić information content (AvgIpc) is 3.01. The maximum Gasteiger partial charge on any atom is 0.335 e. The second-order valence-corrected chi connectivity index (χ2v) is 8.98. The molecule has 3 rings (SSSR count). The van der Waals surface area contributed by atoms with E-state index < -0.39 is 11.7 Å². The Balaban J connectivity index is 1.53. The quantitative estimate of drug-likeness (QED) is 0.433. The van der Waals surface area contributed by atoms with Crippen LogP contribution in [-0.2, 0) is 9.59 Å². The van der Waals surface area contributed by atoms with Crippen molar-refractivity contribution in [3.05, 3.63) is 76.2 Å². The minimum absolute atomic E-state index is 0.109. The summed E-state index contributed by atoms with van der Waals surface area (Å²) in [5.74, 6) is -2.53. The summed E-state index contributed by atoms with van der Waals surface area (Å²) < 4.78 is 0.444. The van der Waals surface area contributed by atoms with Gasteiger partial charge in [0, 0.05) is 18.7 Å². The topological polar surface area (TPSA) is 110 Å². The van der Waals surface area contributed by atoms with Crippen LogP contribution in [0, 0.1) is 0 Å². The fourth-order valence-electron chi connectivity index (χ4n) is 3.15. The molecule has 1 aliphatic rings. The van der Waals surface area contributed by atoms with Crippen molar-refractivity contribution >= 4 is 57.8 Å². The molecule has 9 heteroatoms. The van der Waals surface area contributed by atoms with Gasteiger partial charge in [0.05, 0.1) is 10.5 Å². The molecule has 2 aromatic carbocycles. The smallest absolute Gasteiger partial charge is 0.335 e. The maximum atomic E-state index is 12.7. The minimum Gasteiger partial charge on any atom is -0.872 e. The molecular formula is C24H21N2O5S2-. The molecule has 1 fully saturated rings. The number of thioether (sulfide) groups is 1. The lowest BCUT2D eigenvalue weighted by Crippen LogP contribution is -2.29. The number of nitrogens with zero attached hydrogens (tertiary/aromatic N) is 1. The van der Waals surface area contributed by atoms with E-state index in [1.807, 2.05) is 43.3 Å². The van der Waals surface area contributed by atoms with Crippen molar-refractivity contribution in [1.29, 1.82) is 0 Å². The number of hydrogen-bond donors (Lipinski definition) is 2. The van der Waals surface area contributed by atoms with Crippen LogP contribution in [-0.4, -0.2) is 38.7 Å². The van der Waals surface area contributed by atoms with Gasteiger partial charge in [-0.15, -0.1) is 0 Å². The normalized spacial score (nSPS) is 15.2. The van der Waals surface area contributed by atoms with Crippen LogP contribution in [0.3, 0.4) is 0 Å². The first-order chi connectivity index (χ1) is 15.7. The lowest BCUT2D eigenvalue weighted by atomic mass is 10.1. The third-order valence-electron chi connectivity index (χ3n) is 4.71. The maximum absolute atomic E-state index is 12.7. The number of allylic oxidation sites excluding steroid dienone is 2. The molecular weight excluding hydrogens is 460 g/mol. The largest absolute Gasteiger partial charge is 0.872 e. The summed E-state index contributed by atoms with van der Waals surface area (Å²) in [5.41, 5.74) is 1.83. The van der Waals surface area contributed by atoms with Crippen molar-refractivity contribution in [2.45, 2.75) is 19.8 Å². The van der Waals surface area contributed by atoms with Crippen LogP contribution in [0.1, 0.15) is 35.7 Å². The van der Waals surface area contributed by atoms with E-state index >= 15 is 0 Å². The van der Waals surface area contributed by atoms with Gasteiger partial charge in [0.15, 0.2) is 0 Å². The fraction of sp³-hybridized carbons (Fsp3) is 0.167. The Morgan fingerprint density at radius 1 is 1.21 bits per heavy atom. The number of benzene rings is 2. The number of nitrogens with one attached hydrogen (secondary N) is 1. The van der Waals surface area contributed by atoms with E-state index in [4.69, 9.17) is 17.3 Å².